The summed E-state index contributed by atoms with van der Waals surface area (Å²) in [6.07, 6.45) is 4.49. The highest BCUT2D eigenvalue weighted by molar-refractivity contribution is 6.70. The van der Waals surface area contributed by atoms with Crippen LogP contribution in [0.1, 0.15) is 45.4 Å². The van der Waals surface area contributed by atoms with Crippen molar-refractivity contribution in [1.29, 1.82) is 0 Å². The Bertz CT molecular complexity index is 999. The quantitative estimate of drug-likeness (QED) is 0.188. The lowest BCUT2D eigenvalue weighted by molar-refractivity contribution is -0.171. The predicted molar refractivity (Wildman–Crippen MR) is 146 cm³/mol. The van der Waals surface area contributed by atoms with Crippen molar-refractivity contribution in [2.24, 2.45) is 34.0 Å². The van der Waals surface area contributed by atoms with E-state index in [-0.39, 0.29) is 24.0 Å². The Balaban J connectivity index is 1.99. The third-order valence-electron chi connectivity index (χ3n) is 9.88. The van der Waals surface area contributed by atoms with Gasteiger partial charge < -0.3 is 23.1 Å². The monoisotopic (exact) mass is 550 g/mol. The number of hydrogen-bond donors (Lipinski definition) is 0. The minimum atomic E-state index is -2.08. The van der Waals surface area contributed by atoms with Crippen molar-refractivity contribution in [3.63, 3.8) is 0 Å². The van der Waals surface area contributed by atoms with Gasteiger partial charge in [0.25, 0.3) is 0 Å². The zero-order valence-corrected chi connectivity index (χ0v) is 26.2. The molecular weight excluding hydrogens is 504 g/mol. The summed E-state index contributed by atoms with van der Waals surface area (Å²) in [6, 6.07) is 0. The first-order valence-corrected chi connectivity index (χ1v) is 20.5. The fourth-order valence-corrected chi connectivity index (χ4v) is 11.8. The van der Waals surface area contributed by atoms with Crippen LogP contribution in [0.2, 0.25) is 39.3 Å². The largest absolute Gasteiger partial charge is 0.469 e. The van der Waals surface area contributed by atoms with Crippen LogP contribution in [0, 0.1) is 34.0 Å². The van der Waals surface area contributed by atoms with E-state index in [1.165, 1.54) is 14.2 Å². The van der Waals surface area contributed by atoms with Gasteiger partial charge >= 0.3 is 11.9 Å². The van der Waals surface area contributed by atoms with E-state index in [1.54, 1.807) is 0 Å². The summed E-state index contributed by atoms with van der Waals surface area (Å²) in [5.74, 6) is -2.00. The fourth-order valence-electron chi connectivity index (χ4n) is 9.17. The predicted octanol–water partition coefficient (Wildman–Crippen LogP) is 5.12. The Morgan fingerprint density at radius 2 is 1.68 bits per heavy atom. The van der Waals surface area contributed by atoms with Gasteiger partial charge in [-0.1, -0.05) is 13.0 Å². The summed E-state index contributed by atoms with van der Waals surface area (Å²) in [6.45, 7) is 19.5. The third-order valence-corrected chi connectivity index (χ3v) is 11.8. The van der Waals surface area contributed by atoms with Crippen molar-refractivity contribution in [2.45, 2.75) is 96.4 Å². The molecule has 0 aromatic heterocycles. The highest BCUT2D eigenvalue weighted by Crippen LogP contribution is 2.78. The number of carbonyl (C=O) groups excluding carboxylic acids is 3. The minimum absolute atomic E-state index is 0.144. The maximum atomic E-state index is 13.8. The molecule has 4 rings (SSSR count). The zero-order chi connectivity index (χ0) is 27.8. The van der Waals surface area contributed by atoms with Crippen molar-refractivity contribution in [2.75, 3.05) is 14.2 Å². The third kappa shape index (κ3) is 4.05. The maximum absolute atomic E-state index is 13.8. The van der Waals surface area contributed by atoms with E-state index < -0.39 is 50.3 Å². The highest BCUT2D eigenvalue weighted by Gasteiger charge is 2.80. The lowest BCUT2D eigenvalue weighted by Gasteiger charge is -2.54. The molecule has 9 heteroatoms. The van der Waals surface area contributed by atoms with Crippen molar-refractivity contribution in [3.8, 4) is 0 Å². The molecule has 4 aliphatic rings. The number of rotatable bonds is 7. The summed E-state index contributed by atoms with van der Waals surface area (Å²) in [7, 11) is -1.30. The lowest BCUT2D eigenvalue weighted by Crippen LogP contribution is -2.59. The summed E-state index contributed by atoms with van der Waals surface area (Å²) in [4.78, 5) is 40.5. The average Bonchev–Trinajstić information content (AvgIpc) is 3.17. The second-order valence-electron chi connectivity index (χ2n) is 14.3. The Hall–Kier alpha value is -1.30. The van der Waals surface area contributed by atoms with Crippen LogP contribution in [-0.2, 0) is 32.7 Å². The van der Waals surface area contributed by atoms with Gasteiger partial charge in [0, 0.05) is 11.3 Å². The van der Waals surface area contributed by atoms with Crippen LogP contribution in [0.25, 0.3) is 0 Å². The number of fused-ring (bicyclic) bond motifs is 3. The molecule has 7 nitrogen and oxygen atoms in total. The SMILES string of the molecule is C=C1C[C@]23C[C@@]1(O[Si](C)(C)C)[C@@H](O[Si](C)(C)C)C[C@H]2[C@]1(C=O)CCC[C@@](C)(C(=O)OC)[C@H]1[C@@H]3C(=O)OC. The Morgan fingerprint density at radius 3 is 2.19 bits per heavy atom. The van der Waals surface area contributed by atoms with Gasteiger partial charge in [-0.2, -0.15) is 0 Å². The number of carbonyl (C=O) groups is 3. The first kappa shape index (κ1) is 28.7. The second-order valence-corrected chi connectivity index (χ2v) is 23.2. The molecule has 1 spiro atoms. The van der Waals surface area contributed by atoms with Crippen molar-refractivity contribution >= 4 is 34.9 Å². The van der Waals surface area contributed by atoms with Crippen molar-refractivity contribution in [1.82, 2.24) is 0 Å². The normalized spacial score (nSPS) is 43.1. The Kier molecular flexibility index (Phi) is 6.87. The van der Waals surface area contributed by atoms with Gasteiger partial charge in [-0.15, -0.1) is 0 Å². The van der Waals surface area contributed by atoms with Gasteiger partial charge in [-0.05, 0) is 95.2 Å². The summed E-state index contributed by atoms with van der Waals surface area (Å²) >= 11 is 0. The molecule has 208 valence electrons. The van der Waals surface area contributed by atoms with Crippen LogP contribution in [0.5, 0.6) is 0 Å². The molecule has 0 aromatic carbocycles. The molecule has 37 heavy (non-hydrogen) atoms. The van der Waals surface area contributed by atoms with Crippen LogP contribution in [0.4, 0.5) is 0 Å². The molecule has 4 saturated carbocycles. The Morgan fingerprint density at radius 1 is 1.03 bits per heavy atom. The number of ether oxygens (including phenoxy) is 2. The van der Waals surface area contributed by atoms with E-state index in [4.69, 9.17) is 18.3 Å². The number of methoxy groups -OCH3 is 2. The molecule has 2 bridgehead atoms. The van der Waals surface area contributed by atoms with E-state index in [9.17, 15) is 14.4 Å². The molecule has 4 aliphatic carbocycles. The molecule has 0 heterocycles. The van der Waals surface area contributed by atoms with E-state index in [0.29, 0.717) is 32.1 Å². The number of aldehydes is 1. The average molecular weight is 551 g/mol. The number of esters is 2. The van der Waals surface area contributed by atoms with Crippen LogP contribution in [0.15, 0.2) is 12.2 Å². The van der Waals surface area contributed by atoms with Crippen molar-refractivity contribution in [3.05, 3.63) is 12.2 Å². The fraction of sp³-hybridized carbons (Fsp3) is 0.821. The molecule has 0 unspecified atom stereocenters. The smallest absolute Gasteiger partial charge is 0.311 e. The Labute approximate surface area is 224 Å². The molecule has 8 atom stereocenters. The summed E-state index contributed by atoms with van der Waals surface area (Å²) in [5, 5.41) is 0. The van der Waals surface area contributed by atoms with Gasteiger partial charge in [-0.3, -0.25) is 9.59 Å². The summed E-state index contributed by atoms with van der Waals surface area (Å²) in [5.41, 5.74) is -2.17. The van der Waals surface area contributed by atoms with E-state index in [0.717, 1.165) is 18.3 Å². The standard InChI is InChI=1S/C28H46O7Si2/c1-18-15-27-16-28(18,35-37(8,9)10)20(34-36(5,6)7)14-19(27)26(17-29)13-11-12-25(2,24(31)33-4)22(26)21(27)23(30)32-3/h17,19-22H,1,11-16H2,2-10H3/t19-,20-,21+,22+,25+,26+,27-,28-/m0/s1. The first-order chi connectivity index (χ1) is 17.0. The van der Waals surface area contributed by atoms with Gasteiger partial charge in [-0.25, -0.2) is 0 Å². The second kappa shape index (κ2) is 8.86. The first-order valence-electron chi connectivity index (χ1n) is 13.7. The van der Waals surface area contributed by atoms with Gasteiger partial charge in [0.15, 0.2) is 16.6 Å². The van der Waals surface area contributed by atoms with Gasteiger partial charge in [0.1, 0.15) is 11.9 Å². The molecule has 4 fully saturated rings. The van der Waals surface area contributed by atoms with Crippen LogP contribution >= 0.6 is 0 Å². The molecule has 0 aromatic rings. The molecule has 0 saturated heterocycles. The van der Waals surface area contributed by atoms with Crippen LogP contribution < -0.4 is 0 Å². The topological polar surface area (TPSA) is 88.1 Å². The van der Waals surface area contributed by atoms with Crippen molar-refractivity contribution < 1.29 is 32.7 Å². The minimum Gasteiger partial charge on any atom is -0.469 e. The molecule has 0 radical (unpaired) electrons. The van der Waals surface area contributed by atoms with Crippen LogP contribution in [0.3, 0.4) is 0 Å². The van der Waals surface area contributed by atoms with Gasteiger partial charge in [0.2, 0.25) is 0 Å². The zero-order valence-electron chi connectivity index (χ0n) is 24.2. The lowest BCUT2D eigenvalue weighted by atomic mass is 9.52. The summed E-state index contributed by atoms with van der Waals surface area (Å²) < 4.78 is 24.7. The highest BCUT2D eigenvalue weighted by atomic mass is 28.4. The van der Waals surface area contributed by atoms with E-state index in [1.807, 2.05) is 6.92 Å². The molecular formula is C28H46O7Si2. The molecule has 0 N–H and O–H groups in total. The maximum Gasteiger partial charge on any atom is 0.311 e. The van der Waals surface area contributed by atoms with E-state index >= 15 is 0 Å². The van der Waals surface area contributed by atoms with Gasteiger partial charge in [0.05, 0.1) is 31.7 Å². The van der Waals surface area contributed by atoms with Crippen LogP contribution in [-0.4, -0.2) is 60.8 Å². The molecule has 0 aliphatic heterocycles. The van der Waals surface area contributed by atoms with E-state index in [2.05, 4.69) is 45.9 Å². The number of hydrogen-bond acceptors (Lipinski definition) is 7. The molecule has 0 amide bonds.